The molecule has 1 aliphatic carbocycles. The SMILES string of the molecule is CN/N=C(\C=N)CC(=O)/N=C/C1CCC(CCN2CCc3ccc(OCC(C)(F)F)nc3CC2)CC1. The van der Waals surface area contributed by atoms with Crippen molar-refractivity contribution in [2.75, 3.05) is 33.3 Å². The number of carbonyl (C=O) groups is 1. The third-order valence-electron chi connectivity index (χ3n) is 6.81. The lowest BCUT2D eigenvalue weighted by Gasteiger charge is -2.28. The number of hydrogen-bond acceptors (Lipinski definition) is 7. The number of nitrogens with one attached hydrogen (secondary N) is 2. The van der Waals surface area contributed by atoms with Crippen molar-refractivity contribution in [2.24, 2.45) is 21.9 Å². The van der Waals surface area contributed by atoms with Gasteiger partial charge in [-0.1, -0.05) is 6.07 Å². The minimum Gasteiger partial charge on any atom is -0.471 e. The average Bonchev–Trinajstić information content (AvgIpc) is 3.07. The third-order valence-corrected chi connectivity index (χ3v) is 6.81. The molecule has 198 valence electrons. The Morgan fingerprint density at radius 2 is 2.03 bits per heavy atom. The van der Waals surface area contributed by atoms with Gasteiger partial charge in [-0.25, -0.2) is 18.8 Å². The summed E-state index contributed by atoms with van der Waals surface area (Å²) in [6.07, 6.45) is 10.1. The van der Waals surface area contributed by atoms with E-state index in [-0.39, 0.29) is 18.2 Å². The summed E-state index contributed by atoms with van der Waals surface area (Å²) in [7, 11) is 1.63. The number of aliphatic imine (C=N–C) groups is 1. The second-order valence-corrected chi connectivity index (χ2v) is 9.85. The van der Waals surface area contributed by atoms with Crippen LogP contribution in [0.1, 0.15) is 56.7 Å². The first kappa shape index (κ1) is 27.8. The third kappa shape index (κ3) is 9.37. The zero-order valence-electron chi connectivity index (χ0n) is 21.3. The van der Waals surface area contributed by atoms with Crippen molar-refractivity contribution >= 4 is 24.0 Å². The van der Waals surface area contributed by atoms with Crippen molar-refractivity contribution in [1.82, 2.24) is 15.3 Å². The minimum absolute atomic E-state index is 0.0361. The number of aromatic nitrogens is 1. The van der Waals surface area contributed by atoms with Crippen LogP contribution in [0.5, 0.6) is 5.88 Å². The Kier molecular flexibility index (Phi) is 10.5. The first-order chi connectivity index (χ1) is 17.3. The van der Waals surface area contributed by atoms with E-state index >= 15 is 0 Å². The zero-order chi connectivity index (χ0) is 26.0. The van der Waals surface area contributed by atoms with Gasteiger partial charge in [-0.05, 0) is 62.5 Å². The molecule has 2 heterocycles. The van der Waals surface area contributed by atoms with Gasteiger partial charge in [0.1, 0.15) is 0 Å². The monoisotopic (exact) mass is 504 g/mol. The number of pyridine rings is 1. The number of halogens is 2. The van der Waals surface area contributed by atoms with Crippen molar-refractivity contribution < 1.29 is 18.3 Å². The quantitative estimate of drug-likeness (QED) is 0.351. The number of alkyl halides is 2. The largest absolute Gasteiger partial charge is 0.471 e. The van der Waals surface area contributed by atoms with Crippen molar-refractivity contribution in [3.8, 4) is 5.88 Å². The summed E-state index contributed by atoms with van der Waals surface area (Å²) >= 11 is 0. The molecule has 8 nitrogen and oxygen atoms in total. The number of hydrogen-bond donors (Lipinski definition) is 2. The predicted molar refractivity (Wildman–Crippen MR) is 138 cm³/mol. The second kappa shape index (κ2) is 13.5. The molecule has 1 aromatic rings. The molecule has 0 atom stereocenters. The van der Waals surface area contributed by atoms with Crippen LogP contribution < -0.4 is 10.2 Å². The molecule has 10 heteroatoms. The molecule has 36 heavy (non-hydrogen) atoms. The van der Waals surface area contributed by atoms with Gasteiger partial charge in [0.25, 0.3) is 11.8 Å². The summed E-state index contributed by atoms with van der Waals surface area (Å²) < 4.78 is 31.3. The molecule has 0 aromatic carbocycles. The Balaban J connectivity index is 1.38. The summed E-state index contributed by atoms with van der Waals surface area (Å²) in [5, 5.41) is 11.1. The van der Waals surface area contributed by atoms with E-state index in [4.69, 9.17) is 10.1 Å². The van der Waals surface area contributed by atoms with Gasteiger partial charge in [-0.2, -0.15) is 5.10 Å². The Morgan fingerprint density at radius 1 is 1.28 bits per heavy atom. The number of nitrogens with zero attached hydrogens (tertiary/aromatic N) is 4. The summed E-state index contributed by atoms with van der Waals surface area (Å²) in [5.74, 6) is -1.86. The van der Waals surface area contributed by atoms with Crippen LogP contribution in [0.2, 0.25) is 0 Å². The highest BCUT2D eigenvalue weighted by Gasteiger charge is 2.24. The van der Waals surface area contributed by atoms with Gasteiger partial charge in [-0.3, -0.25) is 4.79 Å². The van der Waals surface area contributed by atoms with E-state index in [1.54, 1.807) is 19.3 Å². The Bertz CT molecular complexity index is 939. The summed E-state index contributed by atoms with van der Waals surface area (Å²) in [4.78, 5) is 23.1. The van der Waals surface area contributed by atoms with Crippen LogP contribution in [-0.4, -0.2) is 73.1 Å². The molecule has 2 aliphatic rings. The maximum atomic E-state index is 13.1. The van der Waals surface area contributed by atoms with E-state index < -0.39 is 12.5 Å². The number of ether oxygens (including phenoxy) is 1. The van der Waals surface area contributed by atoms with Crippen molar-refractivity contribution in [3.05, 3.63) is 23.4 Å². The maximum Gasteiger partial charge on any atom is 0.278 e. The molecule has 0 spiro atoms. The van der Waals surface area contributed by atoms with Crippen molar-refractivity contribution in [2.45, 2.75) is 64.2 Å². The highest BCUT2D eigenvalue weighted by Crippen LogP contribution is 2.30. The van der Waals surface area contributed by atoms with Crippen LogP contribution in [0.4, 0.5) is 8.78 Å². The molecule has 0 bridgehead atoms. The number of fused-ring (bicyclic) bond motifs is 1. The molecule has 1 aliphatic heterocycles. The minimum atomic E-state index is -2.87. The molecule has 3 rings (SSSR count). The molecule has 1 fully saturated rings. The van der Waals surface area contributed by atoms with Gasteiger partial charge in [0.05, 0.1) is 12.1 Å². The molecule has 2 N–H and O–H groups in total. The second-order valence-electron chi connectivity index (χ2n) is 9.85. The number of rotatable bonds is 11. The van der Waals surface area contributed by atoms with E-state index in [2.05, 4.69) is 25.4 Å². The van der Waals surface area contributed by atoms with E-state index in [0.717, 1.165) is 83.4 Å². The maximum absolute atomic E-state index is 13.1. The molecule has 1 aromatic heterocycles. The van der Waals surface area contributed by atoms with Gasteiger partial charge >= 0.3 is 0 Å². The number of carbonyl (C=O) groups excluding carboxylic acids is 1. The van der Waals surface area contributed by atoms with Crippen LogP contribution in [-0.2, 0) is 17.6 Å². The van der Waals surface area contributed by atoms with E-state index in [1.807, 2.05) is 6.07 Å². The average molecular weight is 505 g/mol. The normalized spacial score (nSPS) is 21.6. The lowest BCUT2D eigenvalue weighted by molar-refractivity contribution is -0.116. The zero-order valence-corrected chi connectivity index (χ0v) is 21.3. The van der Waals surface area contributed by atoms with E-state index in [0.29, 0.717) is 17.5 Å². The standard InChI is InChI=1S/C26H38F2N6O2/c1-26(27,28)18-36-25-8-7-21-10-13-34(14-11-23(21)32-25)12-9-19-3-5-20(6-4-19)17-31-24(35)15-22(16-29)33-30-2/h7-8,16-17,19-20,29-30H,3-6,9-15,18H2,1-2H3/b29-16?,31-17+,33-22-. The Hall–Kier alpha value is -2.75. The fourth-order valence-electron chi connectivity index (χ4n) is 4.76. The fourth-order valence-corrected chi connectivity index (χ4v) is 4.76. The lowest BCUT2D eigenvalue weighted by atomic mass is 9.81. The molecular weight excluding hydrogens is 466 g/mol. The summed E-state index contributed by atoms with van der Waals surface area (Å²) in [5.41, 5.74) is 5.08. The van der Waals surface area contributed by atoms with Gasteiger partial charge in [-0.15, -0.1) is 0 Å². The predicted octanol–water partition coefficient (Wildman–Crippen LogP) is 3.93. The Morgan fingerprint density at radius 3 is 2.72 bits per heavy atom. The topological polar surface area (TPSA) is 103 Å². The van der Waals surface area contributed by atoms with Crippen LogP contribution in [0.25, 0.3) is 0 Å². The fraction of sp³-hybridized carbons (Fsp3) is 0.654. The molecule has 1 saturated carbocycles. The molecule has 1 amide bonds. The highest BCUT2D eigenvalue weighted by atomic mass is 19.3. The number of amides is 1. The van der Waals surface area contributed by atoms with Gasteiger partial charge < -0.3 is 20.5 Å². The molecule has 0 saturated heterocycles. The first-order valence-electron chi connectivity index (χ1n) is 12.8. The smallest absolute Gasteiger partial charge is 0.278 e. The lowest BCUT2D eigenvalue weighted by Crippen LogP contribution is -2.29. The van der Waals surface area contributed by atoms with Crippen molar-refractivity contribution in [3.63, 3.8) is 0 Å². The van der Waals surface area contributed by atoms with Crippen LogP contribution in [0.3, 0.4) is 0 Å². The van der Waals surface area contributed by atoms with Crippen LogP contribution in [0, 0.1) is 17.2 Å². The summed E-state index contributed by atoms with van der Waals surface area (Å²) in [6, 6.07) is 3.65. The molecule has 0 radical (unpaired) electrons. The molecular formula is C26H38F2N6O2. The summed E-state index contributed by atoms with van der Waals surface area (Å²) in [6.45, 7) is 3.10. The Labute approximate surface area is 212 Å². The van der Waals surface area contributed by atoms with Gasteiger partial charge in [0.15, 0.2) is 6.61 Å². The van der Waals surface area contributed by atoms with Crippen LogP contribution in [0.15, 0.2) is 22.2 Å². The van der Waals surface area contributed by atoms with Crippen LogP contribution >= 0.6 is 0 Å². The van der Waals surface area contributed by atoms with Gasteiger partial charge in [0.2, 0.25) is 5.88 Å². The highest BCUT2D eigenvalue weighted by molar-refractivity contribution is 6.33. The first-order valence-corrected chi connectivity index (χ1v) is 12.8. The van der Waals surface area contributed by atoms with E-state index in [1.165, 1.54) is 5.56 Å². The van der Waals surface area contributed by atoms with E-state index in [9.17, 15) is 13.6 Å². The number of hydrazone groups is 1. The van der Waals surface area contributed by atoms with Gasteiger partial charge in [0, 0.05) is 57.7 Å². The van der Waals surface area contributed by atoms with Crippen molar-refractivity contribution in [1.29, 1.82) is 5.41 Å². The molecule has 0 unspecified atom stereocenters.